The zero-order chi connectivity index (χ0) is 21.2. The highest BCUT2D eigenvalue weighted by Gasteiger charge is 2.23. The molecule has 0 spiro atoms. The molecule has 10 nitrogen and oxygen atoms in total. The van der Waals surface area contributed by atoms with Gasteiger partial charge in [0.2, 0.25) is 6.79 Å². The van der Waals surface area contributed by atoms with Crippen LogP contribution in [0.5, 0.6) is 11.5 Å². The summed E-state index contributed by atoms with van der Waals surface area (Å²) < 4.78 is 10.7. The van der Waals surface area contributed by atoms with Crippen LogP contribution in [0.2, 0.25) is 0 Å². The Morgan fingerprint density at radius 1 is 0.839 bits per heavy atom. The van der Waals surface area contributed by atoms with Gasteiger partial charge in [-0.3, -0.25) is 0 Å². The summed E-state index contributed by atoms with van der Waals surface area (Å²) >= 11 is 0. The minimum atomic E-state index is -0.116. The second-order valence-electron chi connectivity index (χ2n) is 8.01. The van der Waals surface area contributed by atoms with Crippen LogP contribution in [-0.2, 0) is 0 Å². The van der Waals surface area contributed by atoms with Crippen molar-refractivity contribution in [3.05, 3.63) is 30.3 Å². The fraction of sp³-hybridized carbons (Fsp3) is 0.476. The Hall–Kier alpha value is -3.27. The van der Waals surface area contributed by atoms with E-state index in [0.717, 1.165) is 50.9 Å². The van der Waals surface area contributed by atoms with Gasteiger partial charge in [0, 0.05) is 64.1 Å². The van der Waals surface area contributed by atoms with Crippen molar-refractivity contribution < 1.29 is 14.3 Å². The Balaban J connectivity index is 1.13. The molecule has 1 N–H and O–H groups in total. The van der Waals surface area contributed by atoms with Crippen LogP contribution in [-0.4, -0.2) is 92.2 Å². The Bertz CT molecular complexity index is 923. The van der Waals surface area contributed by atoms with Crippen molar-refractivity contribution in [2.45, 2.75) is 0 Å². The van der Waals surface area contributed by atoms with Crippen LogP contribution in [0.4, 0.5) is 22.1 Å². The van der Waals surface area contributed by atoms with E-state index in [1.165, 1.54) is 0 Å². The van der Waals surface area contributed by atoms with Crippen molar-refractivity contribution in [1.29, 1.82) is 0 Å². The number of benzene rings is 1. The van der Waals surface area contributed by atoms with E-state index in [9.17, 15) is 4.79 Å². The first-order valence-corrected chi connectivity index (χ1v) is 10.6. The summed E-state index contributed by atoms with van der Waals surface area (Å²) in [6.07, 6.45) is 0. The van der Waals surface area contributed by atoms with Crippen molar-refractivity contribution in [3.8, 4) is 11.5 Å². The summed E-state index contributed by atoms with van der Waals surface area (Å²) in [5, 5.41) is 11.8. The lowest BCUT2D eigenvalue weighted by Crippen LogP contribution is -2.50. The molecule has 0 saturated carbocycles. The van der Waals surface area contributed by atoms with E-state index in [1.807, 2.05) is 23.1 Å². The highest BCUT2D eigenvalue weighted by molar-refractivity contribution is 5.90. The summed E-state index contributed by atoms with van der Waals surface area (Å²) in [6.45, 7) is 6.93. The molecule has 1 aromatic heterocycles. The molecule has 0 unspecified atom stereocenters. The van der Waals surface area contributed by atoms with Crippen LogP contribution < -0.4 is 24.6 Å². The van der Waals surface area contributed by atoms with Crippen molar-refractivity contribution in [1.82, 2.24) is 20.0 Å². The van der Waals surface area contributed by atoms with Gasteiger partial charge in [-0.25, -0.2) is 4.79 Å². The highest BCUT2D eigenvalue weighted by Crippen LogP contribution is 2.34. The molecule has 3 aliphatic rings. The monoisotopic (exact) mass is 425 g/mol. The van der Waals surface area contributed by atoms with E-state index in [-0.39, 0.29) is 12.8 Å². The van der Waals surface area contributed by atoms with Crippen LogP contribution >= 0.6 is 0 Å². The van der Waals surface area contributed by atoms with Crippen molar-refractivity contribution in [2.24, 2.45) is 0 Å². The number of carbonyl (C=O) groups excluding carboxylic acids is 1. The first-order chi connectivity index (χ1) is 15.2. The molecule has 2 amide bonds. The van der Waals surface area contributed by atoms with Crippen LogP contribution in [0.25, 0.3) is 0 Å². The number of hydrogen-bond donors (Lipinski definition) is 1. The average Bonchev–Trinajstić information content (AvgIpc) is 3.28. The third kappa shape index (κ3) is 4.29. The fourth-order valence-electron chi connectivity index (χ4n) is 4.01. The van der Waals surface area contributed by atoms with E-state index in [4.69, 9.17) is 9.47 Å². The number of amides is 2. The molecule has 4 heterocycles. The SMILES string of the molecule is CN1CCN(c2ccc(N3CCN(C(=O)Nc4ccc5c(c4)OCO5)CC3)nn2)CC1. The van der Waals surface area contributed by atoms with E-state index >= 15 is 0 Å². The standard InChI is InChI=1S/C21H27N7O3/c1-25-6-8-26(9-7-25)19-4-5-20(24-23-19)27-10-12-28(13-11-27)21(29)22-16-2-3-17-18(14-16)31-15-30-17/h2-5,14H,6-13,15H2,1H3,(H,22,29). The summed E-state index contributed by atoms with van der Waals surface area (Å²) in [7, 11) is 2.14. The van der Waals surface area contributed by atoms with E-state index in [2.05, 4.69) is 37.3 Å². The molecular weight excluding hydrogens is 398 g/mol. The fourth-order valence-corrected chi connectivity index (χ4v) is 4.01. The molecule has 10 heteroatoms. The number of ether oxygens (including phenoxy) is 2. The molecule has 2 fully saturated rings. The molecule has 0 bridgehead atoms. The molecule has 0 aliphatic carbocycles. The lowest BCUT2D eigenvalue weighted by atomic mass is 10.2. The first-order valence-electron chi connectivity index (χ1n) is 10.6. The van der Waals surface area contributed by atoms with Crippen LogP contribution in [0, 0.1) is 0 Å². The van der Waals surface area contributed by atoms with Gasteiger partial charge < -0.3 is 34.4 Å². The number of nitrogens with zero attached hydrogens (tertiary/aromatic N) is 6. The Kier molecular flexibility index (Phi) is 5.37. The average molecular weight is 425 g/mol. The Morgan fingerprint density at radius 3 is 2.10 bits per heavy atom. The summed E-state index contributed by atoms with van der Waals surface area (Å²) in [6, 6.07) is 9.37. The van der Waals surface area contributed by atoms with Gasteiger partial charge in [-0.1, -0.05) is 0 Å². The molecule has 3 aliphatic heterocycles. The lowest BCUT2D eigenvalue weighted by Gasteiger charge is -2.35. The largest absolute Gasteiger partial charge is 0.454 e. The van der Waals surface area contributed by atoms with E-state index < -0.39 is 0 Å². The van der Waals surface area contributed by atoms with Gasteiger partial charge in [-0.15, -0.1) is 10.2 Å². The molecule has 1 aromatic carbocycles. The number of piperazine rings is 2. The highest BCUT2D eigenvalue weighted by atomic mass is 16.7. The predicted octanol–water partition coefficient (Wildman–Crippen LogP) is 1.31. The Morgan fingerprint density at radius 2 is 1.45 bits per heavy atom. The van der Waals surface area contributed by atoms with Gasteiger partial charge in [0.15, 0.2) is 23.1 Å². The van der Waals surface area contributed by atoms with Crippen molar-refractivity contribution in [3.63, 3.8) is 0 Å². The second kappa shape index (κ2) is 8.46. The van der Waals surface area contributed by atoms with Gasteiger partial charge in [0.25, 0.3) is 0 Å². The summed E-state index contributed by atoms with van der Waals surface area (Å²) in [4.78, 5) is 21.2. The predicted molar refractivity (Wildman–Crippen MR) is 117 cm³/mol. The van der Waals surface area contributed by atoms with Gasteiger partial charge in [-0.2, -0.15) is 0 Å². The number of rotatable bonds is 3. The topological polar surface area (TPSA) is 86.3 Å². The number of nitrogens with one attached hydrogen (secondary N) is 1. The maximum atomic E-state index is 12.6. The maximum absolute atomic E-state index is 12.6. The quantitative estimate of drug-likeness (QED) is 0.788. The van der Waals surface area contributed by atoms with Crippen molar-refractivity contribution >= 4 is 23.4 Å². The van der Waals surface area contributed by atoms with Gasteiger partial charge in [0.05, 0.1) is 0 Å². The Labute approximate surface area is 181 Å². The second-order valence-corrected chi connectivity index (χ2v) is 8.01. The summed E-state index contributed by atoms with van der Waals surface area (Å²) in [5.41, 5.74) is 0.696. The molecule has 2 aromatic rings. The van der Waals surface area contributed by atoms with Gasteiger partial charge in [-0.05, 0) is 31.3 Å². The lowest BCUT2D eigenvalue weighted by molar-refractivity contribution is 0.174. The van der Waals surface area contributed by atoms with Crippen LogP contribution in [0.1, 0.15) is 0 Å². The number of urea groups is 1. The third-order valence-electron chi connectivity index (χ3n) is 5.98. The number of aromatic nitrogens is 2. The molecule has 164 valence electrons. The minimum absolute atomic E-state index is 0.116. The third-order valence-corrected chi connectivity index (χ3v) is 5.98. The smallest absolute Gasteiger partial charge is 0.321 e. The molecule has 2 saturated heterocycles. The van der Waals surface area contributed by atoms with Gasteiger partial charge in [0.1, 0.15) is 0 Å². The normalized spacial score (nSPS) is 18.9. The molecular formula is C21H27N7O3. The maximum Gasteiger partial charge on any atom is 0.321 e. The van der Waals surface area contributed by atoms with Crippen molar-refractivity contribution in [2.75, 3.05) is 81.3 Å². The van der Waals surface area contributed by atoms with E-state index in [0.29, 0.717) is 30.3 Å². The zero-order valence-electron chi connectivity index (χ0n) is 17.7. The number of hydrogen-bond acceptors (Lipinski definition) is 8. The number of likely N-dealkylation sites (N-methyl/N-ethyl adjacent to an activating group) is 1. The molecule has 5 rings (SSSR count). The van der Waals surface area contributed by atoms with E-state index in [1.54, 1.807) is 12.1 Å². The van der Waals surface area contributed by atoms with Crippen LogP contribution in [0.3, 0.4) is 0 Å². The zero-order valence-corrected chi connectivity index (χ0v) is 17.7. The van der Waals surface area contributed by atoms with Crippen LogP contribution in [0.15, 0.2) is 30.3 Å². The number of carbonyl (C=O) groups is 1. The number of fused-ring (bicyclic) bond motifs is 1. The summed E-state index contributed by atoms with van der Waals surface area (Å²) in [5.74, 6) is 3.14. The van der Waals surface area contributed by atoms with Gasteiger partial charge >= 0.3 is 6.03 Å². The number of anilines is 3. The molecule has 0 atom stereocenters. The molecule has 31 heavy (non-hydrogen) atoms. The first kappa shape index (κ1) is 19.7. The molecule has 0 radical (unpaired) electrons. The minimum Gasteiger partial charge on any atom is -0.454 e.